The fourth-order valence-electron chi connectivity index (χ4n) is 3.20. The van der Waals surface area contributed by atoms with Gasteiger partial charge in [-0.15, -0.1) is 0 Å². The minimum atomic E-state index is 0.225. The number of carbonyl (C=O) groups is 1. The molecule has 21 heavy (non-hydrogen) atoms. The summed E-state index contributed by atoms with van der Waals surface area (Å²) < 4.78 is 0. The Morgan fingerprint density at radius 3 is 2.62 bits per heavy atom. The standard InChI is InChI=1S/C18H28N2O/c1-14(2)20(13-16-9-6-10-17(19)11-16)18(21)12-15-7-4-3-5-8-15/h6,9-11,14-15H,3-5,7-8,12-13,19H2,1-2H3. The van der Waals surface area contributed by atoms with E-state index in [0.29, 0.717) is 24.8 Å². The quantitative estimate of drug-likeness (QED) is 0.833. The van der Waals surface area contributed by atoms with Crippen molar-refractivity contribution in [2.45, 2.75) is 65.0 Å². The fourth-order valence-corrected chi connectivity index (χ4v) is 3.20. The number of anilines is 1. The van der Waals surface area contributed by atoms with Crippen LogP contribution in [0.5, 0.6) is 0 Å². The second-order valence-electron chi connectivity index (χ2n) is 6.57. The van der Waals surface area contributed by atoms with E-state index >= 15 is 0 Å². The molecule has 116 valence electrons. The Labute approximate surface area is 128 Å². The lowest BCUT2D eigenvalue weighted by atomic mass is 9.86. The molecule has 1 aromatic carbocycles. The van der Waals surface area contributed by atoms with Crippen molar-refractivity contribution in [3.05, 3.63) is 29.8 Å². The third-order valence-electron chi connectivity index (χ3n) is 4.44. The maximum Gasteiger partial charge on any atom is 0.223 e. The van der Waals surface area contributed by atoms with Crippen LogP contribution in [0.15, 0.2) is 24.3 Å². The van der Waals surface area contributed by atoms with Crippen LogP contribution in [0.1, 0.15) is 57.9 Å². The molecule has 0 spiro atoms. The predicted octanol–water partition coefficient (Wildman–Crippen LogP) is 3.98. The van der Waals surface area contributed by atoms with E-state index in [-0.39, 0.29) is 6.04 Å². The fraction of sp³-hybridized carbons (Fsp3) is 0.611. The number of hydrogen-bond donors (Lipinski definition) is 1. The number of amides is 1. The molecule has 0 unspecified atom stereocenters. The number of rotatable bonds is 5. The molecule has 2 rings (SSSR count). The van der Waals surface area contributed by atoms with Crippen LogP contribution in [0, 0.1) is 5.92 Å². The van der Waals surface area contributed by atoms with Crippen molar-refractivity contribution in [2.24, 2.45) is 5.92 Å². The molecule has 3 heteroatoms. The number of nitrogens with two attached hydrogens (primary N) is 1. The first-order valence-corrected chi connectivity index (χ1v) is 8.20. The molecule has 1 amide bonds. The Balaban J connectivity index is 1.98. The van der Waals surface area contributed by atoms with Gasteiger partial charge in [-0.05, 0) is 50.3 Å². The predicted molar refractivity (Wildman–Crippen MR) is 87.7 cm³/mol. The van der Waals surface area contributed by atoms with Gasteiger partial charge in [0.2, 0.25) is 5.91 Å². The number of hydrogen-bond acceptors (Lipinski definition) is 2. The number of nitrogen functional groups attached to an aromatic ring is 1. The van der Waals surface area contributed by atoms with Crippen LogP contribution < -0.4 is 5.73 Å². The summed E-state index contributed by atoms with van der Waals surface area (Å²) in [6.07, 6.45) is 7.05. The van der Waals surface area contributed by atoms with Crippen molar-refractivity contribution < 1.29 is 4.79 Å². The van der Waals surface area contributed by atoms with Crippen molar-refractivity contribution in [1.82, 2.24) is 4.90 Å². The van der Waals surface area contributed by atoms with E-state index in [1.807, 2.05) is 29.2 Å². The molecular formula is C18H28N2O. The molecule has 0 aromatic heterocycles. The Morgan fingerprint density at radius 2 is 2.00 bits per heavy atom. The first kappa shape index (κ1) is 15.9. The molecule has 1 saturated carbocycles. The zero-order chi connectivity index (χ0) is 15.2. The number of carbonyl (C=O) groups excluding carboxylic acids is 1. The van der Waals surface area contributed by atoms with E-state index in [0.717, 1.165) is 11.3 Å². The van der Waals surface area contributed by atoms with Crippen molar-refractivity contribution in [3.63, 3.8) is 0 Å². The zero-order valence-electron chi connectivity index (χ0n) is 13.3. The van der Waals surface area contributed by atoms with Crippen LogP contribution in [0.25, 0.3) is 0 Å². The Bertz CT molecular complexity index is 464. The molecule has 0 saturated heterocycles. The molecule has 0 aliphatic heterocycles. The summed E-state index contributed by atoms with van der Waals surface area (Å²) in [5, 5.41) is 0. The van der Waals surface area contributed by atoms with Gasteiger partial charge >= 0.3 is 0 Å². The van der Waals surface area contributed by atoms with E-state index in [2.05, 4.69) is 13.8 Å². The van der Waals surface area contributed by atoms with E-state index < -0.39 is 0 Å². The molecule has 3 nitrogen and oxygen atoms in total. The molecule has 0 atom stereocenters. The van der Waals surface area contributed by atoms with Gasteiger partial charge in [-0.3, -0.25) is 4.79 Å². The summed E-state index contributed by atoms with van der Waals surface area (Å²) in [5.74, 6) is 0.882. The zero-order valence-corrected chi connectivity index (χ0v) is 13.3. The van der Waals surface area contributed by atoms with Gasteiger partial charge in [0, 0.05) is 24.7 Å². The lowest BCUT2D eigenvalue weighted by Gasteiger charge is -2.30. The van der Waals surface area contributed by atoms with Gasteiger partial charge in [0.15, 0.2) is 0 Å². The van der Waals surface area contributed by atoms with E-state index in [4.69, 9.17) is 5.73 Å². The Morgan fingerprint density at radius 1 is 1.29 bits per heavy atom. The Kier molecular flexibility index (Phi) is 5.66. The van der Waals surface area contributed by atoms with Crippen LogP contribution in [-0.4, -0.2) is 16.8 Å². The van der Waals surface area contributed by atoms with Gasteiger partial charge in [0.1, 0.15) is 0 Å². The molecule has 1 aliphatic carbocycles. The second kappa shape index (κ2) is 7.48. The van der Waals surface area contributed by atoms with Gasteiger partial charge < -0.3 is 10.6 Å². The molecule has 0 bridgehead atoms. The van der Waals surface area contributed by atoms with Crippen LogP contribution in [-0.2, 0) is 11.3 Å². The number of nitrogens with zero attached hydrogens (tertiary/aromatic N) is 1. The third kappa shape index (κ3) is 4.76. The van der Waals surface area contributed by atoms with Gasteiger partial charge in [0.25, 0.3) is 0 Å². The van der Waals surface area contributed by atoms with Crippen molar-refractivity contribution in [2.75, 3.05) is 5.73 Å². The minimum Gasteiger partial charge on any atom is -0.399 e. The minimum absolute atomic E-state index is 0.225. The van der Waals surface area contributed by atoms with E-state index in [1.54, 1.807) is 0 Å². The average Bonchev–Trinajstić information content (AvgIpc) is 2.45. The molecule has 1 aromatic rings. The van der Waals surface area contributed by atoms with Crippen molar-refractivity contribution >= 4 is 11.6 Å². The molecule has 1 fully saturated rings. The second-order valence-corrected chi connectivity index (χ2v) is 6.57. The van der Waals surface area contributed by atoms with Gasteiger partial charge in [-0.2, -0.15) is 0 Å². The maximum atomic E-state index is 12.6. The first-order chi connectivity index (χ1) is 10.1. The smallest absolute Gasteiger partial charge is 0.223 e. The topological polar surface area (TPSA) is 46.3 Å². The van der Waals surface area contributed by atoms with Crippen LogP contribution in [0.2, 0.25) is 0 Å². The monoisotopic (exact) mass is 288 g/mol. The van der Waals surface area contributed by atoms with Crippen LogP contribution in [0.4, 0.5) is 5.69 Å². The summed E-state index contributed by atoms with van der Waals surface area (Å²) in [6, 6.07) is 8.06. The van der Waals surface area contributed by atoms with E-state index in [9.17, 15) is 4.79 Å². The summed E-state index contributed by atoms with van der Waals surface area (Å²) in [4.78, 5) is 14.6. The highest BCUT2D eigenvalue weighted by Crippen LogP contribution is 2.27. The van der Waals surface area contributed by atoms with Gasteiger partial charge in [-0.25, -0.2) is 0 Å². The maximum absolute atomic E-state index is 12.6. The lowest BCUT2D eigenvalue weighted by Crippen LogP contribution is -2.37. The van der Waals surface area contributed by atoms with Gasteiger partial charge in [-0.1, -0.05) is 31.4 Å². The molecule has 0 heterocycles. The Hall–Kier alpha value is -1.51. The summed E-state index contributed by atoms with van der Waals surface area (Å²) in [6.45, 7) is 4.84. The lowest BCUT2D eigenvalue weighted by molar-refractivity contribution is -0.134. The van der Waals surface area contributed by atoms with Crippen molar-refractivity contribution in [1.29, 1.82) is 0 Å². The first-order valence-electron chi connectivity index (χ1n) is 8.20. The molecule has 1 aliphatic rings. The van der Waals surface area contributed by atoms with Gasteiger partial charge in [0.05, 0.1) is 0 Å². The third-order valence-corrected chi connectivity index (χ3v) is 4.44. The largest absolute Gasteiger partial charge is 0.399 e. The van der Waals surface area contributed by atoms with E-state index in [1.165, 1.54) is 32.1 Å². The highest BCUT2D eigenvalue weighted by molar-refractivity contribution is 5.76. The average molecular weight is 288 g/mol. The highest BCUT2D eigenvalue weighted by Gasteiger charge is 2.22. The summed E-state index contributed by atoms with van der Waals surface area (Å²) in [5.41, 5.74) is 7.70. The summed E-state index contributed by atoms with van der Waals surface area (Å²) in [7, 11) is 0. The highest BCUT2D eigenvalue weighted by atomic mass is 16.2. The SMILES string of the molecule is CC(C)N(Cc1cccc(N)c1)C(=O)CC1CCCCC1. The van der Waals surface area contributed by atoms with Crippen molar-refractivity contribution in [3.8, 4) is 0 Å². The normalized spacial score (nSPS) is 16.1. The number of benzene rings is 1. The van der Waals surface area contributed by atoms with Crippen LogP contribution >= 0.6 is 0 Å². The molecule has 2 N–H and O–H groups in total. The summed E-state index contributed by atoms with van der Waals surface area (Å²) >= 11 is 0. The molecule has 0 radical (unpaired) electrons. The van der Waals surface area contributed by atoms with Crippen LogP contribution in [0.3, 0.4) is 0 Å². The molecular weight excluding hydrogens is 260 g/mol.